The average Bonchev–Trinajstić information content (AvgIpc) is 2.76. The molecule has 0 saturated carbocycles. The van der Waals surface area contributed by atoms with Gasteiger partial charge in [0, 0.05) is 7.05 Å². The minimum Gasteiger partial charge on any atom is -0.310 e. The molecule has 4 heteroatoms. The standard InChI is InChI=1S/C13H18N4/c1-17-13(15-11-16-17)10-14-9-5-8-12-6-3-2-4-7-12/h2-4,6-7,11,14H,5,8-10H2,1H3. The summed E-state index contributed by atoms with van der Waals surface area (Å²) in [4.78, 5) is 4.16. The van der Waals surface area contributed by atoms with Gasteiger partial charge in [-0.3, -0.25) is 4.68 Å². The lowest BCUT2D eigenvalue weighted by Gasteiger charge is -2.04. The third-order valence-corrected chi connectivity index (χ3v) is 2.75. The van der Waals surface area contributed by atoms with Crippen LogP contribution in [0.3, 0.4) is 0 Å². The van der Waals surface area contributed by atoms with Gasteiger partial charge in [-0.1, -0.05) is 30.3 Å². The van der Waals surface area contributed by atoms with Crippen LogP contribution in [-0.2, 0) is 20.0 Å². The second kappa shape index (κ2) is 6.15. The molecule has 0 aliphatic rings. The van der Waals surface area contributed by atoms with Gasteiger partial charge in [0.15, 0.2) is 0 Å². The molecule has 0 bridgehead atoms. The highest BCUT2D eigenvalue weighted by atomic mass is 15.3. The SMILES string of the molecule is Cn1ncnc1CNCCCc1ccccc1. The molecular formula is C13H18N4. The van der Waals surface area contributed by atoms with Gasteiger partial charge >= 0.3 is 0 Å². The van der Waals surface area contributed by atoms with E-state index in [1.165, 1.54) is 5.56 Å². The fourth-order valence-electron chi connectivity index (χ4n) is 1.74. The second-order valence-corrected chi connectivity index (χ2v) is 4.07. The second-order valence-electron chi connectivity index (χ2n) is 4.07. The quantitative estimate of drug-likeness (QED) is 0.765. The van der Waals surface area contributed by atoms with E-state index in [4.69, 9.17) is 0 Å². The Labute approximate surface area is 102 Å². The zero-order chi connectivity index (χ0) is 11.9. The number of nitrogens with zero attached hydrogens (tertiary/aromatic N) is 3. The highest BCUT2D eigenvalue weighted by molar-refractivity contribution is 5.14. The Morgan fingerprint density at radius 1 is 1.24 bits per heavy atom. The monoisotopic (exact) mass is 230 g/mol. The molecular weight excluding hydrogens is 212 g/mol. The first-order valence-corrected chi connectivity index (χ1v) is 5.94. The normalized spacial score (nSPS) is 10.6. The van der Waals surface area contributed by atoms with Crippen LogP contribution in [0.2, 0.25) is 0 Å². The van der Waals surface area contributed by atoms with Gasteiger partial charge < -0.3 is 5.32 Å². The van der Waals surface area contributed by atoms with Crippen molar-refractivity contribution in [3.8, 4) is 0 Å². The Hall–Kier alpha value is -1.68. The fraction of sp³-hybridized carbons (Fsp3) is 0.385. The molecule has 1 aromatic heterocycles. The van der Waals surface area contributed by atoms with E-state index in [2.05, 4.69) is 45.7 Å². The van der Waals surface area contributed by atoms with Gasteiger partial charge in [-0.05, 0) is 24.9 Å². The maximum atomic E-state index is 4.16. The first-order valence-electron chi connectivity index (χ1n) is 5.94. The molecule has 0 fully saturated rings. The molecule has 1 heterocycles. The van der Waals surface area contributed by atoms with Gasteiger partial charge in [0.05, 0.1) is 6.54 Å². The number of aromatic nitrogens is 3. The van der Waals surface area contributed by atoms with E-state index in [-0.39, 0.29) is 0 Å². The Morgan fingerprint density at radius 3 is 2.76 bits per heavy atom. The third-order valence-electron chi connectivity index (χ3n) is 2.75. The lowest BCUT2D eigenvalue weighted by atomic mass is 10.1. The summed E-state index contributed by atoms with van der Waals surface area (Å²) in [5.41, 5.74) is 1.40. The van der Waals surface area contributed by atoms with E-state index in [0.717, 1.165) is 31.8 Å². The largest absolute Gasteiger partial charge is 0.310 e. The van der Waals surface area contributed by atoms with E-state index in [1.54, 1.807) is 11.0 Å². The molecule has 0 spiro atoms. The summed E-state index contributed by atoms with van der Waals surface area (Å²) in [5.74, 6) is 0.977. The van der Waals surface area contributed by atoms with Crippen LogP contribution in [0, 0.1) is 0 Å². The van der Waals surface area contributed by atoms with E-state index in [9.17, 15) is 0 Å². The van der Waals surface area contributed by atoms with Gasteiger partial charge in [-0.25, -0.2) is 4.98 Å². The summed E-state index contributed by atoms with van der Waals surface area (Å²) >= 11 is 0. The van der Waals surface area contributed by atoms with Crippen molar-refractivity contribution < 1.29 is 0 Å². The molecule has 0 aliphatic heterocycles. The van der Waals surface area contributed by atoms with Crippen LogP contribution in [0.4, 0.5) is 0 Å². The van der Waals surface area contributed by atoms with Gasteiger partial charge in [0.25, 0.3) is 0 Å². The number of nitrogens with one attached hydrogen (secondary N) is 1. The summed E-state index contributed by atoms with van der Waals surface area (Å²) in [6.45, 7) is 1.78. The predicted molar refractivity (Wildman–Crippen MR) is 67.5 cm³/mol. The van der Waals surface area contributed by atoms with Crippen molar-refractivity contribution in [2.24, 2.45) is 7.05 Å². The average molecular weight is 230 g/mol. The molecule has 1 N–H and O–H groups in total. The Morgan fingerprint density at radius 2 is 2.06 bits per heavy atom. The fourth-order valence-corrected chi connectivity index (χ4v) is 1.74. The zero-order valence-corrected chi connectivity index (χ0v) is 10.1. The van der Waals surface area contributed by atoms with Crippen molar-refractivity contribution in [1.82, 2.24) is 20.1 Å². The van der Waals surface area contributed by atoms with Crippen molar-refractivity contribution in [3.63, 3.8) is 0 Å². The molecule has 0 radical (unpaired) electrons. The Balaban J connectivity index is 1.63. The first-order chi connectivity index (χ1) is 8.36. The van der Waals surface area contributed by atoms with Gasteiger partial charge in [-0.15, -0.1) is 0 Å². The number of benzene rings is 1. The van der Waals surface area contributed by atoms with Crippen molar-refractivity contribution in [2.45, 2.75) is 19.4 Å². The molecule has 2 rings (SSSR count). The van der Waals surface area contributed by atoms with E-state index in [1.807, 2.05) is 7.05 Å². The van der Waals surface area contributed by atoms with Crippen LogP contribution in [0.1, 0.15) is 17.8 Å². The summed E-state index contributed by atoms with van der Waals surface area (Å²) in [6, 6.07) is 10.6. The van der Waals surface area contributed by atoms with Gasteiger partial charge in [-0.2, -0.15) is 5.10 Å². The smallest absolute Gasteiger partial charge is 0.140 e. The predicted octanol–water partition coefficient (Wildman–Crippen LogP) is 1.54. The third kappa shape index (κ3) is 3.67. The minimum atomic E-state index is 0.783. The highest BCUT2D eigenvalue weighted by Gasteiger charge is 1.98. The van der Waals surface area contributed by atoms with Crippen molar-refractivity contribution >= 4 is 0 Å². The maximum Gasteiger partial charge on any atom is 0.140 e. The van der Waals surface area contributed by atoms with Gasteiger partial charge in [0.1, 0.15) is 12.2 Å². The summed E-state index contributed by atoms with van der Waals surface area (Å²) in [6.07, 6.45) is 3.84. The zero-order valence-electron chi connectivity index (χ0n) is 10.1. The highest BCUT2D eigenvalue weighted by Crippen LogP contribution is 2.01. The van der Waals surface area contributed by atoms with E-state index >= 15 is 0 Å². The van der Waals surface area contributed by atoms with E-state index in [0.29, 0.717) is 0 Å². The molecule has 4 nitrogen and oxygen atoms in total. The van der Waals surface area contributed by atoms with Crippen LogP contribution in [-0.4, -0.2) is 21.3 Å². The molecule has 1 aromatic carbocycles. The molecule has 0 atom stereocenters. The topological polar surface area (TPSA) is 42.7 Å². The molecule has 2 aromatic rings. The molecule has 90 valence electrons. The van der Waals surface area contributed by atoms with Crippen molar-refractivity contribution in [3.05, 3.63) is 48.0 Å². The molecule has 0 aliphatic carbocycles. The molecule has 0 saturated heterocycles. The van der Waals surface area contributed by atoms with Crippen LogP contribution >= 0.6 is 0 Å². The van der Waals surface area contributed by atoms with Crippen LogP contribution in [0.25, 0.3) is 0 Å². The molecule has 0 amide bonds. The van der Waals surface area contributed by atoms with Crippen molar-refractivity contribution in [1.29, 1.82) is 0 Å². The number of hydrogen-bond acceptors (Lipinski definition) is 3. The van der Waals surface area contributed by atoms with Crippen LogP contribution < -0.4 is 5.32 Å². The van der Waals surface area contributed by atoms with Gasteiger partial charge in [0.2, 0.25) is 0 Å². The molecule has 17 heavy (non-hydrogen) atoms. The maximum absolute atomic E-state index is 4.16. The number of aryl methyl sites for hydroxylation is 2. The summed E-state index contributed by atoms with van der Waals surface area (Å²) in [7, 11) is 1.91. The lowest BCUT2D eigenvalue weighted by Crippen LogP contribution is -2.18. The first kappa shape index (κ1) is 11.8. The molecule has 0 unspecified atom stereocenters. The lowest BCUT2D eigenvalue weighted by molar-refractivity contribution is 0.597. The number of rotatable bonds is 6. The Bertz CT molecular complexity index is 436. The van der Waals surface area contributed by atoms with Crippen LogP contribution in [0.5, 0.6) is 0 Å². The minimum absolute atomic E-state index is 0.783. The van der Waals surface area contributed by atoms with Crippen LogP contribution in [0.15, 0.2) is 36.7 Å². The summed E-state index contributed by atoms with van der Waals surface area (Å²) < 4.78 is 1.80. The van der Waals surface area contributed by atoms with Crippen molar-refractivity contribution in [2.75, 3.05) is 6.54 Å². The number of hydrogen-bond donors (Lipinski definition) is 1. The summed E-state index contributed by atoms with van der Waals surface area (Å²) in [5, 5.41) is 7.40. The van der Waals surface area contributed by atoms with E-state index < -0.39 is 0 Å². The Kier molecular flexibility index (Phi) is 4.27.